The van der Waals surface area contributed by atoms with Crippen LogP contribution in [-0.2, 0) is 13.6 Å². The second kappa shape index (κ2) is 9.22. The van der Waals surface area contributed by atoms with E-state index < -0.39 is 11.2 Å². The third-order valence-corrected chi connectivity index (χ3v) is 6.67. The summed E-state index contributed by atoms with van der Waals surface area (Å²) in [5, 5.41) is 0. The number of hydrogen-bond acceptors (Lipinski definition) is 5. The first-order valence-electron chi connectivity index (χ1n) is 11.4. The lowest BCUT2D eigenvalue weighted by atomic mass is 9.89. The second-order valence-electron chi connectivity index (χ2n) is 9.07. The van der Waals surface area contributed by atoms with Crippen molar-refractivity contribution in [2.75, 3.05) is 18.8 Å². The average Bonchev–Trinajstić information content (AvgIpc) is 3.62. The fraction of sp³-hybridized carbons (Fsp3) is 0.542. The van der Waals surface area contributed by atoms with E-state index in [-0.39, 0.29) is 30.3 Å². The number of nitrogens with zero attached hydrogens (tertiary/aromatic N) is 3. The minimum atomic E-state index is -0.606. The van der Waals surface area contributed by atoms with Gasteiger partial charge in [-0.1, -0.05) is 49.6 Å². The van der Waals surface area contributed by atoms with Gasteiger partial charge >= 0.3 is 5.69 Å². The molecule has 0 spiro atoms. The van der Waals surface area contributed by atoms with Gasteiger partial charge < -0.3 is 5.73 Å². The molecule has 0 radical (unpaired) electrons. The number of aromatic nitrogens is 2. The highest BCUT2D eigenvalue weighted by atomic mass is 16.2. The van der Waals surface area contributed by atoms with Crippen LogP contribution in [0.25, 0.3) is 0 Å². The van der Waals surface area contributed by atoms with Gasteiger partial charge in [-0.3, -0.25) is 23.6 Å². The number of carbonyl (C=O) groups is 1. The maximum absolute atomic E-state index is 13.3. The van der Waals surface area contributed by atoms with Gasteiger partial charge in [-0.05, 0) is 37.2 Å². The molecule has 1 aromatic carbocycles. The third-order valence-electron chi connectivity index (χ3n) is 6.67. The Morgan fingerprint density at radius 1 is 1.06 bits per heavy atom. The molecule has 0 aliphatic heterocycles. The van der Waals surface area contributed by atoms with Gasteiger partial charge in [0, 0.05) is 19.6 Å². The van der Waals surface area contributed by atoms with Crippen LogP contribution in [0.5, 0.6) is 0 Å². The first kappa shape index (κ1) is 21.6. The van der Waals surface area contributed by atoms with Crippen LogP contribution >= 0.6 is 0 Å². The summed E-state index contributed by atoms with van der Waals surface area (Å²) in [6, 6.07) is 9.84. The normalized spacial score (nSPS) is 17.2. The smallest absolute Gasteiger partial charge is 0.332 e. The molecule has 2 N–H and O–H groups in total. The van der Waals surface area contributed by atoms with Crippen molar-refractivity contribution in [3.05, 3.63) is 62.3 Å². The van der Waals surface area contributed by atoms with E-state index in [9.17, 15) is 14.4 Å². The summed E-state index contributed by atoms with van der Waals surface area (Å²) in [6.07, 6.45) is 8.44. The fourth-order valence-electron chi connectivity index (χ4n) is 4.71. The Labute approximate surface area is 182 Å². The standard InChI is InChI=1S/C24H32N4O3/c1-26-23(30)21(22(25)28(24(26)31)15-18-10-6-3-7-11-18)20(29)16-27(19-12-13-19)14-17-8-4-2-5-9-17/h3,6-7,10-11,17,19H,2,4-5,8-9,12-16,25H2,1H3. The van der Waals surface area contributed by atoms with Gasteiger partial charge in [0.15, 0.2) is 5.78 Å². The van der Waals surface area contributed by atoms with E-state index >= 15 is 0 Å². The molecule has 2 aromatic rings. The second-order valence-corrected chi connectivity index (χ2v) is 9.07. The highest BCUT2D eigenvalue weighted by Gasteiger charge is 2.33. The van der Waals surface area contributed by atoms with E-state index in [4.69, 9.17) is 5.73 Å². The van der Waals surface area contributed by atoms with Gasteiger partial charge in [-0.15, -0.1) is 0 Å². The topological polar surface area (TPSA) is 90.3 Å². The number of Topliss-reactive ketones (excluding diaryl/α,β-unsaturated/α-hetero) is 1. The van der Waals surface area contributed by atoms with Gasteiger partial charge in [0.1, 0.15) is 11.4 Å². The van der Waals surface area contributed by atoms with Crippen LogP contribution in [0.4, 0.5) is 5.82 Å². The molecule has 0 saturated heterocycles. The third kappa shape index (κ3) is 4.82. The largest absolute Gasteiger partial charge is 0.384 e. The Balaban J connectivity index is 1.60. The Morgan fingerprint density at radius 3 is 2.39 bits per heavy atom. The molecule has 0 amide bonds. The summed E-state index contributed by atoms with van der Waals surface area (Å²) in [5.74, 6) is 0.298. The van der Waals surface area contributed by atoms with Crippen molar-refractivity contribution in [1.82, 2.24) is 14.0 Å². The van der Waals surface area contributed by atoms with E-state index in [0.29, 0.717) is 12.0 Å². The first-order chi connectivity index (χ1) is 15.0. The summed E-state index contributed by atoms with van der Waals surface area (Å²) >= 11 is 0. The molecule has 31 heavy (non-hydrogen) atoms. The molecule has 1 aromatic heterocycles. The average molecular weight is 425 g/mol. The number of carbonyl (C=O) groups excluding carboxylic acids is 1. The van der Waals surface area contributed by atoms with E-state index in [0.717, 1.165) is 29.5 Å². The minimum Gasteiger partial charge on any atom is -0.384 e. The van der Waals surface area contributed by atoms with Crippen LogP contribution in [0, 0.1) is 5.92 Å². The van der Waals surface area contributed by atoms with E-state index in [1.165, 1.54) is 43.7 Å². The van der Waals surface area contributed by atoms with Crippen LogP contribution in [0.2, 0.25) is 0 Å². The number of rotatable bonds is 8. The molecule has 0 unspecified atom stereocenters. The SMILES string of the molecule is Cn1c(=O)c(C(=O)CN(CC2CCCCC2)C2CC2)c(N)n(Cc2ccccc2)c1=O. The lowest BCUT2D eigenvalue weighted by Crippen LogP contribution is -2.45. The van der Waals surface area contributed by atoms with Crippen molar-refractivity contribution in [3.8, 4) is 0 Å². The minimum absolute atomic E-state index is 0.0321. The predicted octanol–water partition coefficient (Wildman–Crippen LogP) is 2.40. The van der Waals surface area contributed by atoms with Gasteiger partial charge in [0.25, 0.3) is 5.56 Å². The van der Waals surface area contributed by atoms with E-state index in [1.807, 2.05) is 30.3 Å². The van der Waals surface area contributed by atoms with Crippen LogP contribution in [-0.4, -0.2) is 38.9 Å². The van der Waals surface area contributed by atoms with Gasteiger partial charge in [0.05, 0.1) is 13.1 Å². The van der Waals surface area contributed by atoms with Crippen molar-refractivity contribution < 1.29 is 4.79 Å². The van der Waals surface area contributed by atoms with E-state index in [1.54, 1.807) is 0 Å². The molecule has 2 aliphatic rings. The molecule has 7 heteroatoms. The van der Waals surface area contributed by atoms with Crippen molar-refractivity contribution in [1.29, 1.82) is 0 Å². The zero-order valence-corrected chi connectivity index (χ0v) is 18.3. The number of nitrogens with two attached hydrogens (primary N) is 1. The lowest BCUT2D eigenvalue weighted by molar-refractivity contribution is 0.0899. The molecule has 7 nitrogen and oxygen atoms in total. The van der Waals surface area contributed by atoms with Crippen LogP contribution in [0.1, 0.15) is 60.9 Å². The Hall–Kier alpha value is -2.67. The Morgan fingerprint density at radius 2 is 1.74 bits per heavy atom. The van der Waals surface area contributed by atoms with Crippen molar-refractivity contribution >= 4 is 11.6 Å². The summed E-state index contributed by atoms with van der Waals surface area (Å²) in [4.78, 5) is 41.1. The molecule has 4 rings (SSSR count). The number of hydrogen-bond donors (Lipinski definition) is 1. The zero-order valence-electron chi connectivity index (χ0n) is 18.3. The van der Waals surface area contributed by atoms with Gasteiger partial charge in [-0.25, -0.2) is 4.79 Å². The van der Waals surface area contributed by atoms with Crippen LogP contribution in [0.15, 0.2) is 39.9 Å². The van der Waals surface area contributed by atoms with Crippen molar-refractivity contribution in [2.45, 2.75) is 57.5 Å². The summed E-state index contributed by atoms with van der Waals surface area (Å²) < 4.78 is 2.32. The summed E-state index contributed by atoms with van der Waals surface area (Å²) in [7, 11) is 1.41. The molecule has 166 valence electrons. The van der Waals surface area contributed by atoms with Crippen molar-refractivity contribution in [3.63, 3.8) is 0 Å². The quantitative estimate of drug-likeness (QED) is 0.657. The van der Waals surface area contributed by atoms with Crippen LogP contribution < -0.4 is 17.0 Å². The van der Waals surface area contributed by atoms with E-state index in [2.05, 4.69) is 4.90 Å². The molecule has 1 heterocycles. The molecule has 2 aliphatic carbocycles. The number of ketones is 1. The zero-order chi connectivity index (χ0) is 22.0. The maximum Gasteiger partial charge on any atom is 0.332 e. The lowest BCUT2D eigenvalue weighted by Gasteiger charge is -2.29. The first-order valence-corrected chi connectivity index (χ1v) is 11.4. The predicted molar refractivity (Wildman–Crippen MR) is 121 cm³/mol. The molecular weight excluding hydrogens is 392 g/mol. The summed E-state index contributed by atoms with van der Waals surface area (Å²) in [5.41, 5.74) is 5.97. The Bertz CT molecular complexity index is 1050. The molecular formula is C24H32N4O3. The number of anilines is 1. The highest BCUT2D eigenvalue weighted by Crippen LogP contribution is 2.31. The van der Waals surface area contributed by atoms with Gasteiger partial charge in [-0.2, -0.15) is 0 Å². The monoisotopic (exact) mass is 424 g/mol. The molecule has 0 atom stereocenters. The molecule has 2 fully saturated rings. The fourth-order valence-corrected chi connectivity index (χ4v) is 4.71. The maximum atomic E-state index is 13.3. The Kier molecular flexibility index (Phi) is 6.41. The summed E-state index contributed by atoms with van der Waals surface area (Å²) in [6.45, 7) is 1.30. The molecule has 2 saturated carbocycles. The highest BCUT2D eigenvalue weighted by molar-refractivity contribution is 6.01. The van der Waals surface area contributed by atoms with Gasteiger partial charge in [0.2, 0.25) is 0 Å². The number of nitrogen functional groups attached to an aromatic ring is 1. The van der Waals surface area contributed by atoms with Crippen LogP contribution in [0.3, 0.4) is 0 Å². The van der Waals surface area contributed by atoms with Crippen molar-refractivity contribution in [2.24, 2.45) is 13.0 Å². The number of benzene rings is 1. The molecule has 0 bridgehead atoms.